The number of rotatable bonds is 16. The van der Waals surface area contributed by atoms with E-state index < -0.39 is 7.38 Å². The first-order valence-electron chi connectivity index (χ1n) is 15.1. The third-order valence-corrected chi connectivity index (χ3v) is 15.8. The van der Waals surface area contributed by atoms with Crippen LogP contribution in [0.1, 0.15) is 68.0 Å². The third-order valence-electron chi connectivity index (χ3n) is 7.33. The van der Waals surface area contributed by atoms with Crippen LogP contribution in [0.15, 0.2) is 60.7 Å². The lowest BCUT2D eigenvalue weighted by Crippen LogP contribution is -2.14. The molecule has 0 bridgehead atoms. The van der Waals surface area contributed by atoms with Crippen LogP contribution in [0.2, 0.25) is 19.1 Å². The number of hydrogen-bond donors (Lipinski definition) is 0. The highest BCUT2D eigenvalue weighted by molar-refractivity contribution is 7.29. The summed E-state index contributed by atoms with van der Waals surface area (Å²) in [6.45, 7) is 6.79. The lowest BCUT2D eigenvalue weighted by molar-refractivity contribution is 0.667. The molecule has 0 aliphatic rings. The van der Waals surface area contributed by atoms with E-state index in [-0.39, 0.29) is 0 Å². The molecule has 0 saturated heterocycles. The zero-order valence-electron chi connectivity index (χ0n) is 24.5. The summed E-state index contributed by atoms with van der Waals surface area (Å²) >= 11 is 16.2. The van der Waals surface area contributed by atoms with Gasteiger partial charge in [0, 0.05) is 48.8 Å². The highest BCUT2D eigenvalue weighted by atomic mass is 35.6. The molecule has 5 aromatic heterocycles. The lowest BCUT2D eigenvalue weighted by Gasteiger charge is -2.11. The van der Waals surface area contributed by atoms with Gasteiger partial charge in [-0.25, -0.2) is 0 Å². The molecular weight excluding hydrogens is 632 g/mol. The molecule has 0 amide bonds. The van der Waals surface area contributed by atoms with Crippen molar-refractivity contribution in [3.05, 3.63) is 70.4 Å². The summed E-state index contributed by atoms with van der Waals surface area (Å²) in [6.07, 6.45) is 13.0. The zero-order chi connectivity index (χ0) is 28.7. The Morgan fingerprint density at radius 3 is 1.20 bits per heavy atom. The molecule has 0 N–H and O–H groups in total. The van der Waals surface area contributed by atoms with E-state index in [1.165, 1.54) is 119 Å². The van der Waals surface area contributed by atoms with E-state index in [0.29, 0.717) is 0 Å². The highest BCUT2D eigenvalue weighted by Crippen LogP contribution is 2.44. The van der Waals surface area contributed by atoms with Crippen molar-refractivity contribution in [3.63, 3.8) is 0 Å². The van der Waals surface area contributed by atoms with E-state index in [1.807, 2.05) is 56.7 Å². The molecule has 5 heterocycles. The molecule has 0 saturated carbocycles. The van der Waals surface area contributed by atoms with Gasteiger partial charge in [-0.15, -0.1) is 56.7 Å². The van der Waals surface area contributed by atoms with Gasteiger partial charge >= 0.3 is 0 Å². The SMILES string of the molecule is CCCCCCc1ccc(-c2ccc(-c3ccc(-c4ccc(-c5ccc(CCCCCC[Si](C)(C)Cl)s5)s4)s3)s2)s1. The smallest absolute Gasteiger partial charge is 0.150 e. The molecule has 5 rings (SSSR count). The van der Waals surface area contributed by atoms with Gasteiger partial charge in [-0.1, -0.05) is 58.5 Å². The fraction of sp³-hybridized carbons (Fsp3) is 0.412. The van der Waals surface area contributed by atoms with Crippen LogP contribution in [0.5, 0.6) is 0 Å². The number of unbranched alkanes of at least 4 members (excludes halogenated alkanes) is 6. The Hall–Kier alpha value is -0.993. The van der Waals surface area contributed by atoms with Crippen molar-refractivity contribution >= 4 is 75.1 Å². The maximum Gasteiger partial charge on any atom is 0.150 e. The van der Waals surface area contributed by atoms with Crippen molar-refractivity contribution in [2.75, 3.05) is 0 Å². The minimum absolute atomic E-state index is 1.20. The summed E-state index contributed by atoms with van der Waals surface area (Å²) in [5, 5.41) is 0. The van der Waals surface area contributed by atoms with Gasteiger partial charge < -0.3 is 0 Å². The van der Waals surface area contributed by atoms with Crippen LogP contribution in [-0.4, -0.2) is 7.38 Å². The minimum Gasteiger partial charge on any atom is -0.168 e. The molecule has 0 aliphatic heterocycles. The minimum atomic E-state index is -1.39. The van der Waals surface area contributed by atoms with E-state index in [2.05, 4.69) is 80.7 Å². The van der Waals surface area contributed by atoms with Gasteiger partial charge in [0.15, 0.2) is 0 Å². The number of thiophene rings is 5. The first-order valence-corrected chi connectivity index (χ1v) is 23.4. The molecule has 0 aromatic carbocycles. The number of halogens is 1. The van der Waals surface area contributed by atoms with Crippen molar-refractivity contribution in [2.24, 2.45) is 0 Å². The molecule has 7 heteroatoms. The molecule has 0 unspecified atom stereocenters. The van der Waals surface area contributed by atoms with Crippen LogP contribution in [0.25, 0.3) is 39.0 Å². The summed E-state index contributed by atoms with van der Waals surface area (Å²) in [7, 11) is -1.39. The van der Waals surface area contributed by atoms with E-state index in [0.717, 1.165) is 0 Å². The third kappa shape index (κ3) is 9.25. The Bertz CT molecular complexity index is 1490. The van der Waals surface area contributed by atoms with Crippen molar-refractivity contribution < 1.29 is 0 Å². The van der Waals surface area contributed by atoms with Crippen LogP contribution in [-0.2, 0) is 12.8 Å². The van der Waals surface area contributed by atoms with E-state index in [1.54, 1.807) is 0 Å². The first kappa shape index (κ1) is 31.4. The second kappa shape index (κ2) is 15.1. The Kier molecular flexibility index (Phi) is 11.6. The second-order valence-electron chi connectivity index (χ2n) is 11.5. The summed E-state index contributed by atoms with van der Waals surface area (Å²) in [4.78, 5) is 14.2. The van der Waals surface area contributed by atoms with Crippen molar-refractivity contribution in [1.82, 2.24) is 0 Å². The van der Waals surface area contributed by atoms with E-state index in [9.17, 15) is 0 Å². The summed E-state index contributed by atoms with van der Waals surface area (Å²) in [6, 6.07) is 24.4. The van der Waals surface area contributed by atoms with Crippen LogP contribution >= 0.6 is 67.8 Å². The maximum absolute atomic E-state index is 6.46. The van der Waals surface area contributed by atoms with Crippen LogP contribution < -0.4 is 0 Å². The predicted molar refractivity (Wildman–Crippen MR) is 196 cm³/mol. The number of aryl methyl sites for hydroxylation is 2. The first-order chi connectivity index (χ1) is 19.9. The molecule has 0 atom stereocenters. The van der Waals surface area contributed by atoms with Gasteiger partial charge in [0.25, 0.3) is 0 Å². The molecule has 0 aliphatic carbocycles. The molecule has 5 aromatic rings. The highest BCUT2D eigenvalue weighted by Gasteiger charge is 2.16. The monoisotopic (exact) mass is 672 g/mol. The largest absolute Gasteiger partial charge is 0.168 e. The van der Waals surface area contributed by atoms with Crippen molar-refractivity contribution in [3.8, 4) is 39.0 Å². The fourth-order valence-corrected chi connectivity index (χ4v) is 12.0. The quantitative estimate of drug-likeness (QED) is 0.0556. The van der Waals surface area contributed by atoms with Gasteiger partial charge in [-0.2, -0.15) is 11.1 Å². The topological polar surface area (TPSA) is 0 Å². The summed E-state index contributed by atoms with van der Waals surface area (Å²) in [5.41, 5.74) is 0. The van der Waals surface area contributed by atoms with Gasteiger partial charge in [0.05, 0.1) is 0 Å². The molecule has 41 heavy (non-hydrogen) atoms. The maximum atomic E-state index is 6.46. The Morgan fingerprint density at radius 1 is 0.463 bits per heavy atom. The van der Waals surface area contributed by atoms with Crippen molar-refractivity contribution in [1.29, 1.82) is 0 Å². The van der Waals surface area contributed by atoms with E-state index >= 15 is 0 Å². The van der Waals surface area contributed by atoms with Crippen LogP contribution in [0.4, 0.5) is 0 Å². The van der Waals surface area contributed by atoms with E-state index in [4.69, 9.17) is 11.1 Å². The molecular formula is C34H41ClS5Si. The Labute approximate surface area is 272 Å². The van der Waals surface area contributed by atoms with Crippen LogP contribution in [0.3, 0.4) is 0 Å². The molecule has 218 valence electrons. The molecule has 0 nitrogen and oxygen atoms in total. The van der Waals surface area contributed by atoms with Gasteiger partial charge in [-0.05, 0) is 92.4 Å². The Morgan fingerprint density at radius 2 is 0.805 bits per heavy atom. The average molecular weight is 674 g/mol. The average Bonchev–Trinajstić information content (AvgIpc) is 3.77. The molecule has 0 radical (unpaired) electrons. The molecule has 0 fully saturated rings. The number of hydrogen-bond acceptors (Lipinski definition) is 5. The zero-order valence-corrected chi connectivity index (χ0v) is 30.3. The van der Waals surface area contributed by atoms with Gasteiger partial charge in [0.2, 0.25) is 0 Å². The van der Waals surface area contributed by atoms with Crippen LogP contribution in [0, 0.1) is 0 Å². The normalized spacial score (nSPS) is 12.0. The second-order valence-corrected chi connectivity index (χ2v) is 24.1. The fourth-order valence-electron chi connectivity index (χ4n) is 5.02. The van der Waals surface area contributed by atoms with Gasteiger partial charge in [-0.3, -0.25) is 0 Å². The Balaban J connectivity index is 1.15. The lowest BCUT2D eigenvalue weighted by atomic mass is 10.1. The standard InChI is InChI=1S/C34H41ClS5Si/c1-4-5-6-9-12-25-14-16-27(36-25)29-18-20-31(38-29)33-22-23-34(40-33)32-21-19-30(39-32)28-17-15-26(37-28)13-10-7-8-11-24-41(2,3)35/h14-23H,4-13,24H2,1-3H3. The van der Waals surface area contributed by atoms with Crippen molar-refractivity contribution in [2.45, 2.75) is 90.3 Å². The molecule has 0 spiro atoms. The summed E-state index contributed by atoms with van der Waals surface area (Å²) < 4.78 is 0. The predicted octanol–water partition coefficient (Wildman–Crippen LogP) is 14.3. The summed E-state index contributed by atoms with van der Waals surface area (Å²) in [5.74, 6) is 0. The van der Waals surface area contributed by atoms with Gasteiger partial charge in [0.1, 0.15) is 7.38 Å².